The number of likely N-dealkylation sites (tertiary alicyclic amines) is 1. The number of rotatable bonds is 5. The van der Waals surface area contributed by atoms with E-state index < -0.39 is 5.54 Å². The molecule has 0 unspecified atom stereocenters. The quantitative estimate of drug-likeness (QED) is 0.714. The molecule has 1 amide bonds. The number of carbonyl (C=O) groups is 1. The highest BCUT2D eigenvalue weighted by molar-refractivity contribution is 5.85. The van der Waals surface area contributed by atoms with Gasteiger partial charge < -0.3 is 20.1 Å². The van der Waals surface area contributed by atoms with Gasteiger partial charge in [-0.05, 0) is 33.7 Å². The molecule has 1 aliphatic heterocycles. The van der Waals surface area contributed by atoms with Gasteiger partial charge in [-0.3, -0.25) is 4.79 Å². The van der Waals surface area contributed by atoms with Crippen LogP contribution in [0.2, 0.25) is 0 Å². The van der Waals surface area contributed by atoms with Crippen LogP contribution in [0.3, 0.4) is 0 Å². The molecular weight excluding hydrogens is 220 g/mol. The van der Waals surface area contributed by atoms with Crippen LogP contribution in [0.4, 0.5) is 0 Å². The van der Waals surface area contributed by atoms with E-state index in [1.54, 1.807) is 7.05 Å². The molecule has 1 aliphatic rings. The van der Waals surface area contributed by atoms with Crippen LogP contribution in [0.5, 0.6) is 0 Å². The lowest BCUT2D eigenvalue weighted by atomic mass is 10.0. The molecule has 0 spiro atoms. The van der Waals surface area contributed by atoms with Crippen molar-refractivity contribution in [1.82, 2.24) is 10.2 Å². The lowest BCUT2D eigenvalue weighted by Gasteiger charge is -2.36. The highest BCUT2D eigenvalue weighted by Crippen LogP contribution is 2.17. The standard InChI is InChI=1S/C12H24N2O3/c1-12(2,13-3)11(16)14-6-4-10(5-7-14)17-9-8-15/h10,13,15H,4-9H2,1-3H3. The Morgan fingerprint density at radius 2 is 2.06 bits per heavy atom. The fourth-order valence-electron chi connectivity index (χ4n) is 1.95. The summed E-state index contributed by atoms with van der Waals surface area (Å²) in [6.07, 6.45) is 1.89. The predicted molar refractivity (Wildman–Crippen MR) is 65.8 cm³/mol. The van der Waals surface area contributed by atoms with Gasteiger partial charge in [0, 0.05) is 13.1 Å². The minimum Gasteiger partial charge on any atom is -0.394 e. The Kier molecular flexibility index (Phi) is 5.36. The fraction of sp³-hybridized carbons (Fsp3) is 0.917. The minimum absolute atomic E-state index is 0.0614. The average Bonchev–Trinajstić information content (AvgIpc) is 2.36. The second-order valence-electron chi connectivity index (χ2n) is 4.96. The summed E-state index contributed by atoms with van der Waals surface area (Å²) >= 11 is 0. The number of aliphatic hydroxyl groups excluding tert-OH is 1. The molecule has 1 rings (SSSR count). The van der Waals surface area contributed by atoms with E-state index in [9.17, 15) is 4.79 Å². The fourth-order valence-corrected chi connectivity index (χ4v) is 1.95. The van der Waals surface area contributed by atoms with Crippen molar-refractivity contribution < 1.29 is 14.6 Å². The van der Waals surface area contributed by atoms with Crippen molar-refractivity contribution in [2.45, 2.75) is 38.3 Å². The SMILES string of the molecule is CNC(C)(C)C(=O)N1CCC(OCCO)CC1. The molecule has 0 aromatic carbocycles. The molecule has 1 saturated heterocycles. The number of aliphatic hydroxyl groups is 1. The first-order valence-corrected chi connectivity index (χ1v) is 6.22. The molecule has 0 radical (unpaired) electrons. The van der Waals surface area contributed by atoms with Gasteiger partial charge in [-0.1, -0.05) is 0 Å². The Morgan fingerprint density at radius 1 is 1.47 bits per heavy atom. The van der Waals surface area contributed by atoms with Gasteiger partial charge in [0.1, 0.15) is 0 Å². The van der Waals surface area contributed by atoms with Crippen molar-refractivity contribution in [2.24, 2.45) is 0 Å². The van der Waals surface area contributed by atoms with Crippen LogP contribution >= 0.6 is 0 Å². The van der Waals surface area contributed by atoms with Gasteiger partial charge in [0.05, 0.1) is 24.9 Å². The number of nitrogens with one attached hydrogen (secondary N) is 1. The van der Waals surface area contributed by atoms with E-state index >= 15 is 0 Å². The van der Waals surface area contributed by atoms with Crippen LogP contribution in [0.1, 0.15) is 26.7 Å². The van der Waals surface area contributed by atoms with Crippen molar-refractivity contribution in [3.8, 4) is 0 Å². The number of hydrogen-bond acceptors (Lipinski definition) is 4. The molecule has 0 atom stereocenters. The summed E-state index contributed by atoms with van der Waals surface area (Å²) < 4.78 is 5.47. The summed E-state index contributed by atoms with van der Waals surface area (Å²) in [5.74, 6) is 0.139. The first kappa shape index (κ1) is 14.4. The van der Waals surface area contributed by atoms with E-state index in [4.69, 9.17) is 9.84 Å². The number of amides is 1. The molecule has 0 aliphatic carbocycles. The molecule has 5 nitrogen and oxygen atoms in total. The van der Waals surface area contributed by atoms with Gasteiger partial charge in [-0.2, -0.15) is 0 Å². The van der Waals surface area contributed by atoms with Crippen LogP contribution in [0.25, 0.3) is 0 Å². The van der Waals surface area contributed by atoms with Crippen molar-refractivity contribution in [2.75, 3.05) is 33.4 Å². The molecule has 1 fully saturated rings. The molecule has 0 bridgehead atoms. The van der Waals surface area contributed by atoms with Gasteiger partial charge in [0.15, 0.2) is 0 Å². The second kappa shape index (κ2) is 6.33. The van der Waals surface area contributed by atoms with Crippen LogP contribution in [0, 0.1) is 0 Å². The Hall–Kier alpha value is -0.650. The van der Waals surface area contributed by atoms with Crippen LogP contribution in [-0.4, -0.2) is 60.9 Å². The molecule has 0 saturated carbocycles. The molecular formula is C12H24N2O3. The largest absolute Gasteiger partial charge is 0.394 e. The minimum atomic E-state index is -0.501. The maximum atomic E-state index is 12.2. The molecule has 100 valence electrons. The number of likely N-dealkylation sites (N-methyl/N-ethyl adjacent to an activating group) is 1. The molecule has 1 heterocycles. The molecule has 0 aromatic rings. The van der Waals surface area contributed by atoms with Gasteiger partial charge in [-0.25, -0.2) is 0 Å². The summed E-state index contributed by atoms with van der Waals surface area (Å²) in [5.41, 5.74) is -0.501. The van der Waals surface area contributed by atoms with Gasteiger partial charge in [-0.15, -0.1) is 0 Å². The molecule has 17 heavy (non-hydrogen) atoms. The molecule has 5 heteroatoms. The molecule has 2 N–H and O–H groups in total. The van der Waals surface area contributed by atoms with E-state index in [-0.39, 0.29) is 18.6 Å². The predicted octanol–water partition coefficient (Wildman–Crippen LogP) is -0.0157. The third-order valence-electron chi connectivity index (χ3n) is 3.33. The highest BCUT2D eigenvalue weighted by atomic mass is 16.5. The monoisotopic (exact) mass is 244 g/mol. The lowest BCUT2D eigenvalue weighted by Crippen LogP contribution is -2.55. The van der Waals surface area contributed by atoms with Crippen LogP contribution in [0.15, 0.2) is 0 Å². The van der Waals surface area contributed by atoms with Crippen molar-refractivity contribution in [1.29, 1.82) is 0 Å². The summed E-state index contributed by atoms with van der Waals surface area (Å²) in [6.45, 7) is 5.71. The zero-order valence-corrected chi connectivity index (χ0v) is 11.0. The van der Waals surface area contributed by atoms with Crippen molar-refractivity contribution in [3.63, 3.8) is 0 Å². The number of ether oxygens (including phenoxy) is 1. The summed E-state index contributed by atoms with van der Waals surface area (Å²) in [6, 6.07) is 0. The van der Waals surface area contributed by atoms with E-state index in [0.29, 0.717) is 6.61 Å². The zero-order chi connectivity index (χ0) is 12.9. The van der Waals surface area contributed by atoms with E-state index in [1.165, 1.54) is 0 Å². The summed E-state index contributed by atoms with van der Waals surface area (Å²) in [7, 11) is 1.80. The third-order valence-corrected chi connectivity index (χ3v) is 3.33. The van der Waals surface area contributed by atoms with Gasteiger partial charge in [0.25, 0.3) is 0 Å². The topological polar surface area (TPSA) is 61.8 Å². The smallest absolute Gasteiger partial charge is 0.242 e. The van der Waals surface area contributed by atoms with E-state index in [2.05, 4.69) is 5.32 Å². The van der Waals surface area contributed by atoms with Crippen LogP contribution < -0.4 is 5.32 Å². The first-order chi connectivity index (χ1) is 8.01. The average molecular weight is 244 g/mol. The normalized spacial score (nSPS) is 18.5. The van der Waals surface area contributed by atoms with Gasteiger partial charge >= 0.3 is 0 Å². The summed E-state index contributed by atoms with van der Waals surface area (Å²) in [5, 5.41) is 11.7. The van der Waals surface area contributed by atoms with E-state index in [0.717, 1.165) is 25.9 Å². The highest BCUT2D eigenvalue weighted by Gasteiger charge is 2.32. The van der Waals surface area contributed by atoms with Crippen molar-refractivity contribution >= 4 is 5.91 Å². The van der Waals surface area contributed by atoms with Crippen LogP contribution in [-0.2, 0) is 9.53 Å². The number of hydrogen-bond donors (Lipinski definition) is 2. The van der Waals surface area contributed by atoms with E-state index in [1.807, 2.05) is 18.7 Å². The second-order valence-corrected chi connectivity index (χ2v) is 4.96. The Balaban J connectivity index is 2.39. The zero-order valence-electron chi connectivity index (χ0n) is 11.0. The first-order valence-electron chi connectivity index (χ1n) is 6.22. The maximum absolute atomic E-state index is 12.2. The third kappa shape index (κ3) is 3.94. The van der Waals surface area contributed by atoms with Crippen molar-refractivity contribution in [3.05, 3.63) is 0 Å². The molecule has 0 aromatic heterocycles. The Bertz CT molecular complexity index is 248. The Morgan fingerprint density at radius 3 is 2.53 bits per heavy atom. The number of piperidine rings is 1. The lowest BCUT2D eigenvalue weighted by molar-refractivity contribution is -0.139. The number of carbonyl (C=O) groups excluding carboxylic acids is 1. The Labute approximate surface area is 103 Å². The van der Waals surface area contributed by atoms with Gasteiger partial charge in [0.2, 0.25) is 5.91 Å². The number of nitrogens with zero attached hydrogens (tertiary/aromatic N) is 1. The maximum Gasteiger partial charge on any atom is 0.242 e. The summed E-state index contributed by atoms with van der Waals surface area (Å²) in [4.78, 5) is 14.0.